The Morgan fingerprint density at radius 2 is 1.74 bits per heavy atom. The molecule has 1 amide bonds. The van der Waals surface area contributed by atoms with Crippen molar-refractivity contribution >= 4 is 16.9 Å². The molecule has 5 heteroatoms. The van der Waals surface area contributed by atoms with Crippen molar-refractivity contribution in [3.05, 3.63) is 59.9 Å². The summed E-state index contributed by atoms with van der Waals surface area (Å²) < 4.78 is 11.4. The van der Waals surface area contributed by atoms with Crippen LogP contribution < -0.4 is 0 Å². The Morgan fingerprint density at radius 3 is 2.42 bits per heavy atom. The molecule has 5 nitrogen and oxygen atoms in total. The van der Waals surface area contributed by atoms with Crippen LogP contribution in [0.25, 0.3) is 22.1 Å². The molecule has 0 unspecified atom stereocenters. The molecule has 0 bridgehead atoms. The van der Waals surface area contributed by atoms with Crippen molar-refractivity contribution in [1.29, 1.82) is 0 Å². The van der Waals surface area contributed by atoms with Crippen molar-refractivity contribution in [2.75, 3.05) is 39.4 Å². The van der Waals surface area contributed by atoms with Crippen LogP contribution in [0.2, 0.25) is 0 Å². The smallest absolute Gasteiger partial charge is 0.254 e. The summed E-state index contributed by atoms with van der Waals surface area (Å²) in [6, 6.07) is 16.9. The maximum atomic E-state index is 12.7. The zero-order valence-corrected chi connectivity index (χ0v) is 18.8. The normalized spacial score (nSPS) is 14.7. The Kier molecular flexibility index (Phi) is 6.73. The molecule has 0 spiro atoms. The summed E-state index contributed by atoms with van der Waals surface area (Å²) in [4.78, 5) is 17.0. The number of likely N-dealkylation sites (N-methyl/N-ethyl adjacent to an activating group) is 1. The van der Waals surface area contributed by atoms with Crippen molar-refractivity contribution < 1.29 is 13.9 Å². The zero-order valence-electron chi connectivity index (χ0n) is 18.8. The molecule has 1 fully saturated rings. The lowest BCUT2D eigenvalue weighted by atomic mass is 10.0. The van der Waals surface area contributed by atoms with Crippen LogP contribution in [-0.4, -0.2) is 61.1 Å². The molecule has 1 aliphatic rings. The van der Waals surface area contributed by atoms with Crippen molar-refractivity contribution in [2.24, 2.45) is 0 Å². The van der Waals surface area contributed by atoms with Gasteiger partial charge in [-0.2, -0.15) is 0 Å². The Morgan fingerprint density at radius 1 is 1.03 bits per heavy atom. The number of furan rings is 1. The first-order chi connectivity index (χ1) is 15.0. The summed E-state index contributed by atoms with van der Waals surface area (Å²) in [6.45, 7) is 11.3. The molecule has 164 valence electrons. The number of amides is 1. The summed E-state index contributed by atoms with van der Waals surface area (Å²) in [5, 5.41) is 1.12. The second-order valence-corrected chi connectivity index (χ2v) is 8.42. The average Bonchev–Trinajstić information content (AvgIpc) is 3.21. The first-order valence-electron chi connectivity index (χ1n) is 11.3. The number of nitrogens with zero attached hydrogens (tertiary/aromatic N) is 2. The third kappa shape index (κ3) is 5.00. The molecule has 0 aliphatic carbocycles. The monoisotopic (exact) mass is 420 g/mol. The Balaban J connectivity index is 1.47. The van der Waals surface area contributed by atoms with E-state index in [-0.39, 0.29) is 5.91 Å². The van der Waals surface area contributed by atoms with Gasteiger partial charge in [0.05, 0.1) is 13.2 Å². The van der Waals surface area contributed by atoms with E-state index in [9.17, 15) is 4.79 Å². The summed E-state index contributed by atoms with van der Waals surface area (Å²) >= 11 is 0. The van der Waals surface area contributed by atoms with Crippen LogP contribution in [0.1, 0.15) is 36.9 Å². The van der Waals surface area contributed by atoms with E-state index in [2.05, 4.69) is 43.9 Å². The minimum absolute atomic E-state index is 0.0762. The highest BCUT2D eigenvalue weighted by molar-refractivity contribution is 5.95. The standard InChI is InChI=1S/C26H32N2O3/c1-4-27(19(2)3)12-11-24-18-23-17-22(9-10-25(23)31-24)20-5-7-21(8-6-20)26(29)28-13-15-30-16-14-28/h5-10,17-19H,4,11-16H2,1-3H3. The van der Waals surface area contributed by atoms with Crippen LogP contribution in [0.3, 0.4) is 0 Å². The van der Waals surface area contributed by atoms with Gasteiger partial charge in [0.25, 0.3) is 5.91 Å². The fourth-order valence-electron chi connectivity index (χ4n) is 4.19. The van der Waals surface area contributed by atoms with Gasteiger partial charge in [-0.25, -0.2) is 0 Å². The fraction of sp³-hybridized carbons (Fsp3) is 0.423. The lowest BCUT2D eigenvalue weighted by Crippen LogP contribution is -2.40. The number of rotatable bonds is 7. The van der Waals surface area contributed by atoms with E-state index in [0.717, 1.165) is 52.9 Å². The third-order valence-electron chi connectivity index (χ3n) is 6.11. The SMILES string of the molecule is CCN(CCc1cc2cc(-c3ccc(C(=O)N4CCOCC4)cc3)ccc2o1)C(C)C. The molecule has 0 radical (unpaired) electrons. The van der Waals surface area contributed by atoms with Crippen molar-refractivity contribution in [1.82, 2.24) is 9.80 Å². The zero-order chi connectivity index (χ0) is 21.8. The van der Waals surface area contributed by atoms with Crippen molar-refractivity contribution in [2.45, 2.75) is 33.2 Å². The largest absolute Gasteiger partial charge is 0.461 e. The van der Waals surface area contributed by atoms with Crippen molar-refractivity contribution in [3.63, 3.8) is 0 Å². The maximum absolute atomic E-state index is 12.7. The van der Waals surface area contributed by atoms with E-state index < -0.39 is 0 Å². The number of hydrogen-bond donors (Lipinski definition) is 0. The highest BCUT2D eigenvalue weighted by atomic mass is 16.5. The molecule has 3 aromatic rings. The Hall–Kier alpha value is -2.63. The van der Waals surface area contributed by atoms with Crippen LogP contribution in [0.4, 0.5) is 0 Å². The Bertz CT molecular complexity index is 1020. The highest BCUT2D eigenvalue weighted by Crippen LogP contribution is 2.27. The summed E-state index contributed by atoms with van der Waals surface area (Å²) in [6.07, 6.45) is 0.911. The van der Waals surface area contributed by atoms with Gasteiger partial charge in [-0.3, -0.25) is 4.79 Å². The quantitative estimate of drug-likeness (QED) is 0.548. The minimum atomic E-state index is 0.0762. The number of carbonyl (C=O) groups is 1. The molecule has 2 heterocycles. The molecule has 0 saturated carbocycles. The number of carbonyl (C=O) groups excluding carboxylic acids is 1. The topological polar surface area (TPSA) is 45.9 Å². The number of fused-ring (bicyclic) bond motifs is 1. The molecule has 4 rings (SSSR count). The molecule has 2 aromatic carbocycles. The first kappa shape index (κ1) is 21.6. The predicted molar refractivity (Wildman–Crippen MR) is 124 cm³/mol. The number of hydrogen-bond acceptors (Lipinski definition) is 4. The first-order valence-corrected chi connectivity index (χ1v) is 11.3. The Labute approximate surface area is 184 Å². The number of morpholine rings is 1. The predicted octanol–water partition coefficient (Wildman–Crippen LogP) is 4.85. The third-order valence-corrected chi connectivity index (χ3v) is 6.11. The molecular formula is C26H32N2O3. The highest BCUT2D eigenvalue weighted by Gasteiger charge is 2.18. The van der Waals surface area contributed by atoms with Crippen LogP contribution in [0.5, 0.6) is 0 Å². The molecule has 31 heavy (non-hydrogen) atoms. The lowest BCUT2D eigenvalue weighted by Gasteiger charge is -2.26. The molecule has 0 N–H and O–H groups in total. The van der Waals surface area contributed by atoms with Gasteiger partial charge >= 0.3 is 0 Å². The van der Waals surface area contributed by atoms with E-state index in [1.807, 2.05) is 35.2 Å². The molecule has 1 aromatic heterocycles. The molecular weight excluding hydrogens is 388 g/mol. The van der Waals surface area contributed by atoms with E-state index in [0.29, 0.717) is 32.3 Å². The second-order valence-electron chi connectivity index (χ2n) is 8.42. The summed E-state index contributed by atoms with van der Waals surface area (Å²) in [5.41, 5.74) is 3.87. The van der Waals surface area contributed by atoms with Crippen LogP contribution in [0.15, 0.2) is 52.9 Å². The van der Waals surface area contributed by atoms with E-state index in [4.69, 9.17) is 9.15 Å². The van der Waals surface area contributed by atoms with E-state index >= 15 is 0 Å². The summed E-state index contributed by atoms with van der Waals surface area (Å²) in [7, 11) is 0. The van der Waals surface area contributed by atoms with Gasteiger partial charge in [0.15, 0.2) is 0 Å². The minimum Gasteiger partial charge on any atom is -0.461 e. The molecule has 1 saturated heterocycles. The van der Waals surface area contributed by atoms with Gasteiger partial charge in [0.2, 0.25) is 0 Å². The van der Waals surface area contributed by atoms with Crippen molar-refractivity contribution in [3.8, 4) is 11.1 Å². The van der Waals surface area contributed by atoms with Gasteiger partial charge in [0, 0.05) is 43.0 Å². The fourth-order valence-corrected chi connectivity index (χ4v) is 4.19. The lowest BCUT2D eigenvalue weighted by molar-refractivity contribution is 0.0303. The van der Waals surface area contributed by atoms with Gasteiger partial charge in [-0.05, 0) is 61.9 Å². The number of benzene rings is 2. The van der Waals surface area contributed by atoms with Gasteiger partial charge in [0.1, 0.15) is 11.3 Å². The van der Waals surface area contributed by atoms with Gasteiger partial charge < -0.3 is 19.0 Å². The van der Waals surface area contributed by atoms with E-state index in [1.165, 1.54) is 0 Å². The summed E-state index contributed by atoms with van der Waals surface area (Å²) in [5.74, 6) is 1.10. The van der Waals surface area contributed by atoms with Gasteiger partial charge in [-0.15, -0.1) is 0 Å². The molecule has 0 atom stereocenters. The van der Waals surface area contributed by atoms with Gasteiger partial charge in [-0.1, -0.05) is 25.1 Å². The second kappa shape index (κ2) is 9.67. The van der Waals surface area contributed by atoms with E-state index in [1.54, 1.807) is 0 Å². The van der Waals surface area contributed by atoms with Crippen LogP contribution in [0, 0.1) is 0 Å². The van der Waals surface area contributed by atoms with Crippen LogP contribution >= 0.6 is 0 Å². The molecule has 1 aliphatic heterocycles. The maximum Gasteiger partial charge on any atom is 0.254 e. The van der Waals surface area contributed by atoms with Crippen LogP contribution in [-0.2, 0) is 11.2 Å². The number of ether oxygens (including phenoxy) is 1. The average molecular weight is 421 g/mol.